The summed E-state index contributed by atoms with van der Waals surface area (Å²) in [5, 5.41) is 14.3. The average Bonchev–Trinajstić information content (AvgIpc) is 2.65. The van der Waals surface area contributed by atoms with Crippen LogP contribution in [0.4, 0.5) is 11.4 Å². The Morgan fingerprint density at radius 2 is 2.07 bits per heavy atom. The highest BCUT2D eigenvalue weighted by atomic mass is 35.5. The quantitative estimate of drug-likeness (QED) is 0.579. The van der Waals surface area contributed by atoms with Crippen LogP contribution in [0, 0.1) is 16.0 Å². The number of hydrogen-bond acceptors (Lipinski definition) is 6. The number of fused-ring (bicyclic) bond motifs is 4. The van der Waals surface area contributed by atoms with Gasteiger partial charge in [0.15, 0.2) is 17.9 Å². The van der Waals surface area contributed by atoms with E-state index in [9.17, 15) is 19.7 Å². The molecule has 0 aromatic heterocycles. The van der Waals surface area contributed by atoms with Crippen molar-refractivity contribution in [2.24, 2.45) is 5.92 Å². The van der Waals surface area contributed by atoms with Crippen LogP contribution in [0.25, 0.3) is 0 Å². The van der Waals surface area contributed by atoms with Gasteiger partial charge in [0, 0.05) is 19.6 Å². The molecule has 2 bridgehead atoms. The van der Waals surface area contributed by atoms with Gasteiger partial charge in [0.1, 0.15) is 5.02 Å². The summed E-state index contributed by atoms with van der Waals surface area (Å²) in [7, 11) is 1.51. The van der Waals surface area contributed by atoms with E-state index in [0.29, 0.717) is 5.92 Å². The van der Waals surface area contributed by atoms with Crippen molar-refractivity contribution in [1.29, 1.82) is 0 Å². The maximum Gasteiger partial charge on any atom is 0.304 e. The van der Waals surface area contributed by atoms with Gasteiger partial charge in [0.05, 0.1) is 10.6 Å². The Hall–Kier alpha value is -2.10. The summed E-state index contributed by atoms with van der Waals surface area (Å²) >= 11 is 6.10. The van der Waals surface area contributed by atoms with E-state index in [1.165, 1.54) is 18.0 Å². The predicted molar refractivity (Wildman–Crippen MR) is 105 cm³/mol. The zero-order chi connectivity index (χ0) is 19.3. The monoisotopic (exact) mass is 430 g/mol. The van der Waals surface area contributed by atoms with Crippen LogP contribution in [0.2, 0.25) is 5.02 Å². The molecule has 4 aliphatic rings. The van der Waals surface area contributed by atoms with Gasteiger partial charge in [-0.15, -0.1) is 12.4 Å². The lowest BCUT2D eigenvalue weighted by molar-refractivity contribution is -0.385. The minimum absolute atomic E-state index is 0. The number of hydrogen-bond donors (Lipinski definition) is 1. The molecule has 2 amide bonds. The van der Waals surface area contributed by atoms with E-state index in [-0.39, 0.29) is 53.0 Å². The number of nitrogens with one attached hydrogen (secondary N) is 1. The van der Waals surface area contributed by atoms with Crippen molar-refractivity contribution in [2.45, 2.75) is 18.9 Å². The minimum atomic E-state index is -0.687. The van der Waals surface area contributed by atoms with Crippen molar-refractivity contribution in [2.75, 3.05) is 38.2 Å². The van der Waals surface area contributed by atoms with Gasteiger partial charge in [-0.1, -0.05) is 11.6 Å². The van der Waals surface area contributed by atoms with E-state index in [2.05, 4.69) is 10.2 Å². The number of halogens is 2. The maximum absolute atomic E-state index is 13.1. The summed E-state index contributed by atoms with van der Waals surface area (Å²) in [5.41, 5.74) is -0.476. The van der Waals surface area contributed by atoms with Crippen molar-refractivity contribution in [3.8, 4) is 5.75 Å². The number of carbonyl (C=O) groups excluding carboxylic acids is 2. The molecule has 4 heterocycles. The van der Waals surface area contributed by atoms with Crippen LogP contribution in [-0.2, 0) is 4.79 Å². The molecule has 1 atom stereocenters. The number of ether oxygens (including phenoxy) is 1. The second kappa shape index (κ2) is 7.73. The fourth-order valence-electron chi connectivity index (χ4n) is 4.13. The molecular weight excluding hydrogens is 411 g/mol. The maximum atomic E-state index is 13.1. The first kappa shape index (κ1) is 20.6. The van der Waals surface area contributed by atoms with E-state index in [1.54, 1.807) is 0 Å². The first-order valence-electron chi connectivity index (χ1n) is 8.80. The molecule has 0 aliphatic carbocycles. The molecule has 11 heteroatoms. The number of benzene rings is 1. The molecule has 3 fully saturated rings. The van der Waals surface area contributed by atoms with Gasteiger partial charge >= 0.3 is 5.69 Å². The van der Waals surface area contributed by atoms with Gasteiger partial charge < -0.3 is 19.9 Å². The molecule has 4 aliphatic heterocycles. The van der Waals surface area contributed by atoms with E-state index in [0.717, 1.165) is 32.5 Å². The van der Waals surface area contributed by atoms with E-state index in [1.807, 2.05) is 0 Å². The number of anilines is 1. The van der Waals surface area contributed by atoms with Crippen LogP contribution in [0.3, 0.4) is 0 Å². The van der Waals surface area contributed by atoms with Crippen LogP contribution in [0.1, 0.15) is 23.2 Å². The van der Waals surface area contributed by atoms with E-state index < -0.39 is 16.5 Å². The van der Waals surface area contributed by atoms with Crippen LogP contribution in [-0.4, -0.2) is 61.0 Å². The summed E-state index contributed by atoms with van der Waals surface area (Å²) in [6.07, 6.45) is 1.99. The van der Waals surface area contributed by atoms with Crippen molar-refractivity contribution < 1.29 is 19.2 Å². The molecule has 0 radical (unpaired) electrons. The smallest absolute Gasteiger partial charge is 0.304 e. The number of nitro benzene ring substituents is 1. The highest BCUT2D eigenvalue weighted by Gasteiger charge is 2.39. The third-order valence-electron chi connectivity index (χ3n) is 5.64. The summed E-state index contributed by atoms with van der Waals surface area (Å²) in [6.45, 7) is 2.47. The third kappa shape index (κ3) is 3.38. The van der Waals surface area contributed by atoms with Crippen molar-refractivity contribution in [3.05, 3.63) is 26.8 Å². The van der Waals surface area contributed by atoms with Crippen LogP contribution >= 0.6 is 24.0 Å². The summed E-state index contributed by atoms with van der Waals surface area (Å²) in [6, 6.07) is 1.22. The lowest BCUT2D eigenvalue weighted by atomic mass is 9.84. The Morgan fingerprint density at radius 3 is 2.64 bits per heavy atom. The van der Waals surface area contributed by atoms with Gasteiger partial charge in [-0.25, -0.2) is 0 Å². The van der Waals surface area contributed by atoms with Gasteiger partial charge in [-0.2, -0.15) is 0 Å². The molecule has 0 saturated carbocycles. The Bertz CT molecular complexity index is 841. The fraction of sp³-hybridized carbons (Fsp3) is 0.529. The molecular formula is C17H20Cl2N4O5. The molecule has 1 N–H and O–H groups in total. The number of rotatable bonds is 3. The molecule has 0 spiro atoms. The summed E-state index contributed by atoms with van der Waals surface area (Å²) < 4.78 is 5.43. The topological polar surface area (TPSA) is 105 Å². The SMILES string of the molecule is CN1C(=O)COc2c1cc(Cl)c([N+](=O)[O-])c2C(=O)NC1CN2CCC1CC2.Cl. The molecule has 1 aromatic carbocycles. The number of nitrogens with zero attached hydrogens (tertiary/aromatic N) is 3. The molecule has 3 saturated heterocycles. The zero-order valence-corrected chi connectivity index (χ0v) is 16.7. The number of piperidine rings is 3. The Kier molecular flexibility index (Phi) is 5.69. The highest BCUT2D eigenvalue weighted by Crippen LogP contribution is 2.44. The van der Waals surface area contributed by atoms with Crippen molar-refractivity contribution >= 4 is 47.2 Å². The van der Waals surface area contributed by atoms with Crippen LogP contribution in [0.15, 0.2) is 6.07 Å². The fourth-order valence-corrected chi connectivity index (χ4v) is 4.39. The number of carbonyl (C=O) groups is 2. The lowest BCUT2D eigenvalue weighted by Gasteiger charge is -2.45. The lowest BCUT2D eigenvalue weighted by Crippen LogP contribution is -2.57. The first-order valence-corrected chi connectivity index (χ1v) is 9.18. The van der Waals surface area contributed by atoms with Crippen LogP contribution in [0.5, 0.6) is 5.75 Å². The predicted octanol–water partition coefficient (Wildman–Crippen LogP) is 1.85. The normalized spacial score (nSPS) is 25.4. The molecule has 1 unspecified atom stereocenters. The van der Waals surface area contributed by atoms with E-state index >= 15 is 0 Å². The largest absolute Gasteiger partial charge is 0.480 e. The van der Waals surface area contributed by atoms with Gasteiger partial charge in [-0.05, 0) is 37.9 Å². The molecule has 9 nitrogen and oxygen atoms in total. The summed E-state index contributed by atoms with van der Waals surface area (Å²) in [4.78, 5) is 39.4. The second-order valence-corrected chi connectivity index (χ2v) is 7.55. The Labute approximate surface area is 172 Å². The minimum Gasteiger partial charge on any atom is -0.480 e. The van der Waals surface area contributed by atoms with Gasteiger partial charge in [0.2, 0.25) is 0 Å². The van der Waals surface area contributed by atoms with E-state index in [4.69, 9.17) is 16.3 Å². The second-order valence-electron chi connectivity index (χ2n) is 7.15. The zero-order valence-electron chi connectivity index (χ0n) is 15.1. The van der Waals surface area contributed by atoms with Gasteiger partial charge in [-0.3, -0.25) is 19.7 Å². The molecule has 1 aromatic rings. The van der Waals surface area contributed by atoms with Crippen molar-refractivity contribution in [3.63, 3.8) is 0 Å². The van der Waals surface area contributed by atoms with Gasteiger partial charge in [0.25, 0.3) is 11.8 Å². The standard InChI is InChI=1S/C17H19ClN4O5.ClH/c1-20-12-6-10(18)15(22(25)26)14(16(12)27-8-13(20)23)17(24)19-11-7-21-4-2-9(11)3-5-21;/h6,9,11H,2-5,7-8H2,1H3,(H,19,24);1H. The molecule has 5 rings (SSSR count). The highest BCUT2D eigenvalue weighted by molar-refractivity contribution is 6.34. The Balaban J connectivity index is 0.00000225. The van der Waals surface area contributed by atoms with Crippen molar-refractivity contribution in [1.82, 2.24) is 10.2 Å². The number of amides is 2. The average molecular weight is 431 g/mol. The number of nitro groups is 1. The molecule has 28 heavy (non-hydrogen) atoms. The number of likely N-dealkylation sites (N-methyl/N-ethyl adjacent to an activating group) is 1. The molecule has 152 valence electrons. The summed E-state index contributed by atoms with van der Waals surface area (Å²) in [5.74, 6) is -0.539. The Morgan fingerprint density at radius 1 is 1.39 bits per heavy atom. The van der Waals surface area contributed by atoms with Crippen LogP contribution < -0.4 is 15.0 Å². The first-order chi connectivity index (χ1) is 12.9. The third-order valence-corrected chi connectivity index (χ3v) is 5.93.